The average molecular weight is 459 g/mol. The third-order valence-electron chi connectivity index (χ3n) is 5.35. The number of fused-ring (bicyclic) bond motifs is 3. The number of halogens is 1. The van der Waals surface area contributed by atoms with Crippen molar-refractivity contribution < 1.29 is 9.18 Å². The number of benzene rings is 3. The molecule has 0 saturated heterocycles. The van der Waals surface area contributed by atoms with Crippen LogP contribution in [0.5, 0.6) is 0 Å². The SMILES string of the molecule is O=C(CCCSc1nnc2n(-c3ccccc3)c(=O)c3ccccc3n12)c1ccc(F)cc1. The van der Waals surface area contributed by atoms with E-state index in [4.69, 9.17) is 0 Å². The Bertz CT molecular complexity index is 1510. The maximum atomic E-state index is 13.3. The quantitative estimate of drug-likeness (QED) is 0.197. The Balaban J connectivity index is 1.44. The second-order valence-corrected chi connectivity index (χ2v) is 8.56. The van der Waals surface area contributed by atoms with E-state index in [1.54, 1.807) is 10.6 Å². The van der Waals surface area contributed by atoms with Crippen LogP contribution in [0.25, 0.3) is 22.4 Å². The van der Waals surface area contributed by atoms with Gasteiger partial charge in [0.1, 0.15) is 5.82 Å². The molecule has 164 valence electrons. The van der Waals surface area contributed by atoms with Crippen molar-refractivity contribution in [3.05, 3.63) is 101 Å². The Labute approximate surface area is 192 Å². The molecule has 2 heterocycles. The number of ketones is 1. The number of carbonyl (C=O) groups is 1. The lowest BCUT2D eigenvalue weighted by Crippen LogP contribution is -2.21. The van der Waals surface area contributed by atoms with Gasteiger partial charge in [-0.1, -0.05) is 42.1 Å². The molecule has 0 atom stereocenters. The summed E-state index contributed by atoms with van der Waals surface area (Å²) >= 11 is 1.48. The van der Waals surface area contributed by atoms with Gasteiger partial charge in [0.25, 0.3) is 5.56 Å². The van der Waals surface area contributed by atoms with Crippen molar-refractivity contribution in [2.24, 2.45) is 0 Å². The van der Waals surface area contributed by atoms with Crippen LogP contribution in [0, 0.1) is 5.82 Å². The molecule has 6 nitrogen and oxygen atoms in total. The molecule has 0 aliphatic heterocycles. The predicted octanol–water partition coefficient (Wildman–Crippen LogP) is 4.93. The van der Waals surface area contributed by atoms with Gasteiger partial charge in [-0.05, 0) is 55.0 Å². The number of nitrogens with zero attached hydrogens (tertiary/aromatic N) is 4. The van der Waals surface area contributed by atoms with E-state index in [2.05, 4.69) is 10.2 Å². The second-order valence-electron chi connectivity index (χ2n) is 7.49. The molecule has 0 aliphatic rings. The fourth-order valence-corrected chi connectivity index (χ4v) is 4.64. The second kappa shape index (κ2) is 8.99. The molecule has 33 heavy (non-hydrogen) atoms. The van der Waals surface area contributed by atoms with Gasteiger partial charge in [0.05, 0.1) is 16.6 Å². The highest BCUT2D eigenvalue weighted by atomic mass is 32.2. The first kappa shape index (κ1) is 21.1. The van der Waals surface area contributed by atoms with Crippen molar-refractivity contribution in [1.82, 2.24) is 19.2 Å². The van der Waals surface area contributed by atoms with Crippen LogP contribution < -0.4 is 5.56 Å². The van der Waals surface area contributed by atoms with Gasteiger partial charge in [0.15, 0.2) is 10.9 Å². The molecule has 0 bridgehead atoms. The van der Waals surface area contributed by atoms with Gasteiger partial charge >= 0.3 is 0 Å². The molecular formula is C25H19FN4O2S. The van der Waals surface area contributed by atoms with E-state index < -0.39 is 0 Å². The molecule has 2 aromatic heterocycles. The minimum absolute atomic E-state index is 0.0231. The topological polar surface area (TPSA) is 69.3 Å². The molecule has 0 amide bonds. The molecule has 3 aromatic carbocycles. The van der Waals surface area contributed by atoms with Gasteiger partial charge in [-0.3, -0.25) is 14.0 Å². The van der Waals surface area contributed by atoms with Gasteiger partial charge < -0.3 is 0 Å². The van der Waals surface area contributed by atoms with Gasteiger partial charge in [-0.25, -0.2) is 8.96 Å². The number of aromatic nitrogens is 4. The summed E-state index contributed by atoms with van der Waals surface area (Å²) < 4.78 is 16.5. The number of rotatable bonds is 7. The lowest BCUT2D eigenvalue weighted by atomic mass is 10.1. The molecule has 5 aromatic rings. The molecule has 0 unspecified atom stereocenters. The summed E-state index contributed by atoms with van der Waals surface area (Å²) in [5, 5.41) is 9.90. The molecule has 0 saturated carbocycles. The smallest absolute Gasteiger partial charge is 0.267 e. The highest BCUT2D eigenvalue weighted by molar-refractivity contribution is 7.99. The molecule has 5 rings (SSSR count). The Kier molecular flexibility index (Phi) is 5.75. The van der Waals surface area contributed by atoms with Crippen LogP contribution in [-0.2, 0) is 0 Å². The fourth-order valence-electron chi connectivity index (χ4n) is 3.76. The maximum Gasteiger partial charge on any atom is 0.267 e. The molecule has 8 heteroatoms. The highest BCUT2D eigenvalue weighted by Gasteiger charge is 2.17. The third kappa shape index (κ3) is 4.05. The lowest BCUT2D eigenvalue weighted by molar-refractivity contribution is 0.0982. The van der Waals surface area contributed by atoms with E-state index in [0.29, 0.717) is 46.2 Å². The number of para-hydroxylation sites is 2. The summed E-state index contributed by atoms with van der Waals surface area (Å²) in [6.45, 7) is 0. The van der Waals surface area contributed by atoms with Crippen LogP contribution in [-0.4, -0.2) is 30.7 Å². The van der Waals surface area contributed by atoms with Crippen LogP contribution in [0.2, 0.25) is 0 Å². The lowest BCUT2D eigenvalue weighted by Gasteiger charge is -2.11. The normalized spacial score (nSPS) is 11.3. The Morgan fingerprint density at radius 2 is 1.64 bits per heavy atom. The Hall–Kier alpha value is -3.78. The van der Waals surface area contributed by atoms with Crippen molar-refractivity contribution in [2.45, 2.75) is 18.0 Å². The van der Waals surface area contributed by atoms with E-state index in [-0.39, 0.29) is 17.2 Å². The van der Waals surface area contributed by atoms with Crippen LogP contribution in [0.1, 0.15) is 23.2 Å². The minimum atomic E-state index is -0.359. The van der Waals surface area contributed by atoms with Crippen LogP contribution >= 0.6 is 11.8 Å². The van der Waals surface area contributed by atoms with Crippen LogP contribution in [0.3, 0.4) is 0 Å². The zero-order valence-corrected chi connectivity index (χ0v) is 18.3. The zero-order valence-electron chi connectivity index (χ0n) is 17.5. The summed E-state index contributed by atoms with van der Waals surface area (Å²) in [6, 6.07) is 22.3. The zero-order chi connectivity index (χ0) is 22.8. The number of Topliss-reactive ketones (excluding diaryl/α,β-unsaturated/α-hetero) is 1. The van der Waals surface area contributed by atoms with Gasteiger partial charge in [-0.2, -0.15) is 0 Å². The number of hydrogen-bond donors (Lipinski definition) is 0. The molecule has 0 spiro atoms. The summed E-state index contributed by atoms with van der Waals surface area (Å²) in [7, 11) is 0. The number of thioether (sulfide) groups is 1. The monoisotopic (exact) mass is 458 g/mol. The van der Waals surface area contributed by atoms with Crippen molar-refractivity contribution in [3.63, 3.8) is 0 Å². The van der Waals surface area contributed by atoms with Crippen molar-refractivity contribution in [1.29, 1.82) is 0 Å². The fraction of sp³-hybridized carbons (Fsp3) is 0.120. The van der Waals surface area contributed by atoms with Crippen molar-refractivity contribution in [2.75, 3.05) is 5.75 Å². The summed E-state index contributed by atoms with van der Waals surface area (Å²) in [6.07, 6.45) is 0.983. The minimum Gasteiger partial charge on any atom is -0.294 e. The molecule has 0 fully saturated rings. The van der Waals surface area contributed by atoms with E-state index in [0.717, 1.165) is 5.52 Å². The summed E-state index contributed by atoms with van der Waals surface area (Å²) in [4.78, 5) is 25.6. The first-order chi connectivity index (χ1) is 16.1. The molecular weight excluding hydrogens is 439 g/mol. The van der Waals surface area contributed by atoms with Crippen molar-refractivity contribution in [3.8, 4) is 5.69 Å². The first-order valence-electron chi connectivity index (χ1n) is 10.5. The Morgan fingerprint density at radius 1 is 0.909 bits per heavy atom. The van der Waals surface area contributed by atoms with Gasteiger partial charge in [-0.15, -0.1) is 10.2 Å². The van der Waals surface area contributed by atoms with E-state index in [1.165, 1.54) is 36.0 Å². The summed E-state index contributed by atoms with van der Waals surface area (Å²) in [5.41, 5.74) is 1.80. The van der Waals surface area contributed by atoms with Crippen molar-refractivity contribution >= 4 is 34.2 Å². The highest BCUT2D eigenvalue weighted by Crippen LogP contribution is 2.24. The van der Waals surface area contributed by atoms with E-state index in [9.17, 15) is 14.0 Å². The van der Waals surface area contributed by atoms with Gasteiger partial charge in [0, 0.05) is 17.7 Å². The molecule has 0 radical (unpaired) electrons. The number of carbonyl (C=O) groups excluding carboxylic acids is 1. The molecule has 0 N–H and O–H groups in total. The first-order valence-corrected chi connectivity index (χ1v) is 11.5. The Morgan fingerprint density at radius 3 is 2.42 bits per heavy atom. The number of hydrogen-bond acceptors (Lipinski definition) is 5. The predicted molar refractivity (Wildman–Crippen MR) is 127 cm³/mol. The summed E-state index contributed by atoms with van der Waals surface area (Å²) in [5.74, 6) is 0.703. The molecule has 0 aliphatic carbocycles. The van der Waals surface area contributed by atoms with E-state index >= 15 is 0 Å². The third-order valence-corrected chi connectivity index (χ3v) is 6.37. The van der Waals surface area contributed by atoms with Gasteiger partial charge in [0.2, 0.25) is 5.78 Å². The maximum absolute atomic E-state index is 13.3. The largest absolute Gasteiger partial charge is 0.294 e. The van der Waals surface area contributed by atoms with Crippen LogP contribution in [0.4, 0.5) is 4.39 Å². The van der Waals surface area contributed by atoms with Crippen LogP contribution in [0.15, 0.2) is 88.8 Å². The van der Waals surface area contributed by atoms with E-state index in [1.807, 2.05) is 52.9 Å². The standard InChI is InChI=1S/C25H19FN4O2S/c26-18-14-12-17(13-15-18)22(31)11-6-16-33-25-28-27-24-29(19-7-2-1-3-8-19)23(32)20-9-4-5-10-21(20)30(24)25/h1-5,7-10,12-15H,6,11,16H2. The average Bonchev–Trinajstić information content (AvgIpc) is 3.26.